The molecule has 3 rings (SSSR count). The predicted octanol–water partition coefficient (Wildman–Crippen LogP) is 3.64. The lowest BCUT2D eigenvalue weighted by atomic mass is 10.1. The molecule has 0 aliphatic carbocycles. The molecule has 26 heavy (non-hydrogen) atoms. The van der Waals surface area contributed by atoms with Crippen LogP contribution in [0.3, 0.4) is 0 Å². The Bertz CT molecular complexity index is 766. The van der Waals surface area contributed by atoms with Gasteiger partial charge in [-0.2, -0.15) is 0 Å². The molecule has 2 aromatic carbocycles. The number of benzene rings is 2. The van der Waals surface area contributed by atoms with E-state index in [0.717, 1.165) is 16.9 Å². The lowest BCUT2D eigenvalue weighted by Gasteiger charge is -2.33. The quantitative estimate of drug-likeness (QED) is 0.798. The molecule has 0 bridgehead atoms. The summed E-state index contributed by atoms with van der Waals surface area (Å²) in [5.41, 5.74) is 1.75. The van der Waals surface area contributed by atoms with Gasteiger partial charge in [-0.1, -0.05) is 23.7 Å². The number of rotatable bonds is 5. The fraction of sp³-hybridized carbons (Fsp3) is 0.350. The SMILES string of the molecule is Cc1cc(OCC2CN(C(=O)Cc3ccc(F)cc3)CCO2)ccc1Cl. The zero-order chi connectivity index (χ0) is 18.5. The van der Waals surface area contributed by atoms with E-state index < -0.39 is 0 Å². The molecule has 2 aromatic rings. The molecule has 6 heteroatoms. The number of amides is 1. The third-order valence-corrected chi connectivity index (χ3v) is 4.75. The Kier molecular flexibility index (Phi) is 6.12. The first-order valence-corrected chi connectivity index (χ1v) is 8.92. The van der Waals surface area contributed by atoms with Crippen molar-refractivity contribution in [3.05, 3.63) is 64.4 Å². The Labute approximate surface area is 157 Å². The summed E-state index contributed by atoms with van der Waals surface area (Å²) >= 11 is 6.01. The molecule has 0 aromatic heterocycles. The highest BCUT2D eigenvalue weighted by atomic mass is 35.5. The van der Waals surface area contributed by atoms with Crippen molar-refractivity contribution in [1.82, 2.24) is 4.90 Å². The number of carbonyl (C=O) groups is 1. The van der Waals surface area contributed by atoms with Crippen molar-refractivity contribution < 1.29 is 18.7 Å². The Balaban J connectivity index is 1.52. The lowest BCUT2D eigenvalue weighted by molar-refractivity contribution is -0.139. The predicted molar refractivity (Wildman–Crippen MR) is 98.1 cm³/mol. The van der Waals surface area contributed by atoms with Gasteiger partial charge in [0.1, 0.15) is 24.3 Å². The number of morpholine rings is 1. The molecule has 1 aliphatic rings. The third kappa shape index (κ3) is 4.96. The number of aryl methyl sites for hydroxylation is 1. The zero-order valence-electron chi connectivity index (χ0n) is 14.6. The Morgan fingerprint density at radius 1 is 1.31 bits per heavy atom. The maximum absolute atomic E-state index is 13.0. The minimum Gasteiger partial charge on any atom is -0.491 e. The van der Waals surface area contributed by atoms with Crippen molar-refractivity contribution >= 4 is 17.5 Å². The van der Waals surface area contributed by atoms with Crippen LogP contribution in [0.5, 0.6) is 5.75 Å². The van der Waals surface area contributed by atoms with Crippen LogP contribution >= 0.6 is 11.6 Å². The summed E-state index contributed by atoms with van der Waals surface area (Å²) in [6, 6.07) is 11.5. The van der Waals surface area contributed by atoms with Crippen molar-refractivity contribution in [2.75, 3.05) is 26.3 Å². The molecule has 0 N–H and O–H groups in total. The number of carbonyl (C=O) groups excluding carboxylic acids is 1. The van der Waals surface area contributed by atoms with E-state index in [1.807, 2.05) is 19.1 Å². The van der Waals surface area contributed by atoms with Gasteiger partial charge in [0, 0.05) is 11.6 Å². The molecule has 0 saturated carbocycles. The second-order valence-corrected chi connectivity index (χ2v) is 6.76. The van der Waals surface area contributed by atoms with E-state index in [4.69, 9.17) is 21.1 Å². The van der Waals surface area contributed by atoms with Crippen LogP contribution in [0, 0.1) is 12.7 Å². The second kappa shape index (κ2) is 8.52. The molecule has 1 amide bonds. The first-order chi connectivity index (χ1) is 12.5. The number of halogens is 2. The van der Waals surface area contributed by atoms with Gasteiger partial charge < -0.3 is 14.4 Å². The van der Waals surface area contributed by atoms with E-state index in [-0.39, 0.29) is 24.2 Å². The normalized spacial score (nSPS) is 17.2. The molecular weight excluding hydrogens is 357 g/mol. The van der Waals surface area contributed by atoms with E-state index in [9.17, 15) is 9.18 Å². The van der Waals surface area contributed by atoms with Crippen molar-refractivity contribution in [1.29, 1.82) is 0 Å². The molecule has 1 saturated heterocycles. The van der Waals surface area contributed by atoms with Gasteiger partial charge in [-0.05, 0) is 48.4 Å². The Morgan fingerprint density at radius 2 is 2.08 bits per heavy atom. The van der Waals surface area contributed by atoms with Gasteiger partial charge in [-0.25, -0.2) is 4.39 Å². The zero-order valence-corrected chi connectivity index (χ0v) is 15.3. The van der Waals surface area contributed by atoms with Crippen LogP contribution in [0.15, 0.2) is 42.5 Å². The summed E-state index contributed by atoms with van der Waals surface area (Å²) < 4.78 is 24.5. The van der Waals surface area contributed by atoms with E-state index >= 15 is 0 Å². The van der Waals surface area contributed by atoms with Crippen LogP contribution in [0.1, 0.15) is 11.1 Å². The molecular formula is C20H21ClFNO3. The van der Waals surface area contributed by atoms with Gasteiger partial charge in [0.2, 0.25) is 5.91 Å². The van der Waals surface area contributed by atoms with Crippen LogP contribution in [0.4, 0.5) is 4.39 Å². The molecule has 1 atom stereocenters. The van der Waals surface area contributed by atoms with Gasteiger partial charge in [-0.3, -0.25) is 4.79 Å². The maximum Gasteiger partial charge on any atom is 0.227 e. The van der Waals surface area contributed by atoms with Gasteiger partial charge >= 0.3 is 0 Å². The number of ether oxygens (including phenoxy) is 2. The van der Waals surface area contributed by atoms with E-state index in [2.05, 4.69) is 0 Å². The van der Waals surface area contributed by atoms with Crippen LogP contribution in [0.25, 0.3) is 0 Å². The first kappa shape index (κ1) is 18.7. The fourth-order valence-corrected chi connectivity index (χ4v) is 2.95. The standard InChI is InChI=1S/C20H21ClFNO3/c1-14-10-17(6-7-19(14)21)26-13-18-12-23(8-9-25-18)20(24)11-15-2-4-16(22)5-3-15/h2-7,10,18H,8-9,11-13H2,1H3. The summed E-state index contributed by atoms with van der Waals surface area (Å²) in [7, 11) is 0. The molecule has 138 valence electrons. The van der Waals surface area contributed by atoms with Crippen molar-refractivity contribution in [3.8, 4) is 5.75 Å². The van der Waals surface area contributed by atoms with Crippen molar-refractivity contribution in [2.24, 2.45) is 0 Å². The number of hydrogen-bond donors (Lipinski definition) is 0. The Hall–Kier alpha value is -2.11. The van der Waals surface area contributed by atoms with Gasteiger partial charge in [0.15, 0.2) is 0 Å². The number of hydrogen-bond acceptors (Lipinski definition) is 3. The summed E-state index contributed by atoms with van der Waals surface area (Å²) in [4.78, 5) is 14.2. The van der Waals surface area contributed by atoms with E-state index in [1.54, 1.807) is 23.1 Å². The topological polar surface area (TPSA) is 38.8 Å². The molecule has 0 radical (unpaired) electrons. The van der Waals surface area contributed by atoms with Crippen molar-refractivity contribution in [2.45, 2.75) is 19.4 Å². The Morgan fingerprint density at radius 3 is 2.81 bits per heavy atom. The molecule has 1 fully saturated rings. The third-order valence-electron chi connectivity index (χ3n) is 4.33. The first-order valence-electron chi connectivity index (χ1n) is 8.54. The molecule has 1 heterocycles. The minimum absolute atomic E-state index is 0.00671. The summed E-state index contributed by atoms with van der Waals surface area (Å²) in [5.74, 6) is 0.430. The highest BCUT2D eigenvalue weighted by Gasteiger charge is 2.24. The highest BCUT2D eigenvalue weighted by Crippen LogP contribution is 2.21. The van der Waals surface area contributed by atoms with Crippen molar-refractivity contribution in [3.63, 3.8) is 0 Å². The summed E-state index contributed by atoms with van der Waals surface area (Å²) in [6.45, 7) is 3.79. The molecule has 4 nitrogen and oxygen atoms in total. The smallest absolute Gasteiger partial charge is 0.227 e. The fourth-order valence-electron chi connectivity index (χ4n) is 2.83. The molecule has 0 spiro atoms. The van der Waals surface area contributed by atoms with Gasteiger partial charge in [0.05, 0.1) is 19.6 Å². The second-order valence-electron chi connectivity index (χ2n) is 6.36. The monoisotopic (exact) mass is 377 g/mol. The number of nitrogens with zero attached hydrogens (tertiary/aromatic N) is 1. The van der Waals surface area contributed by atoms with Crippen LogP contribution in [-0.4, -0.2) is 43.2 Å². The van der Waals surface area contributed by atoms with Crippen LogP contribution in [0.2, 0.25) is 5.02 Å². The summed E-state index contributed by atoms with van der Waals surface area (Å²) in [6.07, 6.45) is 0.0708. The van der Waals surface area contributed by atoms with Crippen LogP contribution < -0.4 is 4.74 Å². The average molecular weight is 378 g/mol. The molecule has 1 unspecified atom stereocenters. The average Bonchev–Trinajstić information content (AvgIpc) is 2.65. The largest absolute Gasteiger partial charge is 0.491 e. The van der Waals surface area contributed by atoms with E-state index in [0.29, 0.717) is 31.3 Å². The highest BCUT2D eigenvalue weighted by molar-refractivity contribution is 6.31. The maximum atomic E-state index is 13.0. The van der Waals surface area contributed by atoms with Crippen LogP contribution in [-0.2, 0) is 16.0 Å². The van der Waals surface area contributed by atoms with Gasteiger partial charge in [0.25, 0.3) is 0 Å². The minimum atomic E-state index is -0.303. The van der Waals surface area contributed by atoms with E-state index in [1.165, 1.54) is 12.1 Å². The van der Waals surface area contributed by atoms with Gasteiger partial charge in [-0.15, -0.1) is 0 Å². The lowest BCUT2D eigenvalue weighted by Crippen LogP contribution is -2.48. The molecule has 1 aliphatic heterocycles. The summed E-state index contributed by atoms with van der Waals surface area (Å²) in [5, 5.41) is 0.698.